The Hall–Kier alpha value is -1.95. The van der Waals surface area contributed by atoms with E-state index in [1.807, 2.05) is 37.3 Å². The standard InChI is InChI=1S/C14H19N3O2S/c1-10(13(18)19-3)9-11(2)16-17-14(20)15-12-7-5-4-6-8-12/h4-8,10H,9H2,1-3H3,(H2,15,17,20)/b16-11-. The number of hydrogen-bond donors (Lipinski definition) is 2. The van der Waals surface area contributed by atoms with Crippen LogP contribution in [0.25, 0.3) is 0 Å². The summed E-state index contributed by atoms with van der Waals surface area (Å²) >= 11 is 5.12. The number of methoxy groups -OCH3 is 1. The van der Waals surface area contributed by atoms with E-state index in [0.29, 0.717) is 11.5 Å². The third-order valence-corrected chi connectivity index (χ3v) is 2.78. The predicted molar refractivity (Wildman–Crippen MR) is 84.7 cm³/mol. The van der Waals surface area contributed by atoms with Gasteiger partial charge in [0.25, 0.3) is 0 Å². The van der Waals surface area contributed by atoms with Crippen LogP contribution in [0.1, 0.15) is 20.3 Å². The summed E-state index contributed by atoms with van der Waals surface area (Å²) < 4.78 is 4.67. The number of ether oxygens (including phenoxy) is 1. The Balaban J connectivity index is 2.42. The molecule has 108 valence electrons. The maximum atomic E-state index is 11.3. The number of carbonyl (C=O) groups excluding carboxylic acids is 1. The fraction of sp³-hybridized carbons (Fsp3) is 0.357. The zero-order chi connectivity index (χ0) is 15.0. The predicted octanol–water partition coefficient (Wildman–Crippen LogP) is 2.55. The SMILES string of the molecule is COC(=O)C(C)C/C(C)=N\NC(=S)Nc1ccccc1. The van der Waals surface area contributed by atoms with Crippen LogP contribution >= 0.6 is 12.2 Å². The molecule has 2 N–H and O–H groups in total. The van der Waals surface area contributed by atoms with E-state index in [2.05, 4.69) is 20.6 Å². The van der Waals surface area contributed by atoms with Crippen molar-refractivity contribution in [1.82, 2.24) is 5.43 Å². The van der Waals surface area contributed by atoms with Gasteiger partial charge in [-0.05, 0) is 31.3 Å². The van der Waals surface area contributed by atoms with Crippen molar-refractivity contribution in [2.24, 2.45) is 11.0 Å². The Bertz CT molecular complexity index is 488. The maximum Gasteiger partial charge on any atom is 0.308 e. The third-order valence-electron chi connectivity index (χ3n) is 2.59. The molecular weight excluding hydrogens is 274 g/mol. The van der Waals surface area contributed by atoms with Crippen LogP contribution in [0, 0.1) is 5.92 Å². The van der Waals surface area contributed by atoms with Gasteiger partial charge in [0.05, 0.1) is 13.0 Å². The van der Waals surface area contributed by atoms with Gasteiger partial charge in [0, 0.05) is 17.8 Å². The first-order chi connectivity index (χ1) is 9.52. The van der Waals surface area contributed by atoms with E-state index in [0.717, 1.165) is 11.4 Å². The first kappa shape index (κ1) is 16.1. The molecule has 1 unspecified atom stereocenters. The number of esters is 1. The molecule has 0 fully saturated rings. The molecule has 0 saturated heterocycles. The molecule has 1 aromatic carbocycles. The molecule has 1 rings (SSSR count). The lowest BCUT2D eigenvalue weighted by Crippen LogP contribution is -2.25. The normalized spacial score (nSPS) is 12.4. The van der Waals surface area contributed by atoms with E-state index in [1.54, 1.807) is 6.92 Å². The molecule has 0 spiro atoms. The first-order valence-corrected chi connectivity index (χ1v) is 6.66. The number of carbonyl (C=O) groups is 1. The van der Waals surface area contributed by atoms with E-state index in [9.17, 15) is 4.79 Å². The Labute approximate surface area is 124 Å². The number of hydrogen-bond acceptors (Lipinski definition) is 4. The molecule has 0 bridgehead atoms. The second-order valence-electron chi connectivity index (χ2n) is 4.41. The minimum Gasteiger partial charge on any atom is -0.469 e. The summed E-state index contributed by atoms with van der Waals surface area (Å²) in [4.78, 5) is 11.3. The van der Waals surface area contributed by atoms with Gasteiger partial charge in [-0.25, -0.2) is 0 Å². The maximum absolute atomic E-state index is 11.3. The average Bonchev–Trinajstić information content (AvgIpc) is 2.45. The van der Waals surface area contributed by atoms with Crippen molar-refractivity contribution < 1.29 is 9.53 Å². The van der Waals surface area contributed by atoms with Crippen molar-refractivity contribution in [1.29, 1.82) is 0 Å². The molecule has 0 saturated carbocycles. The molecule has 20 heavy (non-hydrogen) atoms. The summed E-state index contributed by atoms with van der Waals surface area (Å²) in [6, 6.07) is 9.57. The molecular formula is C14H19N3O2S. The van der Waals surface area contributed by atoms with Gasteiger partial charge in [0.1, 0.15) is 0 Å². The van der Waals surface area contributed by atoms with E-state index in [4.69, 9.17) is 12.2 Å². The fourth-order valence-corrected chi connectivity index (χ4v) is 1.76. The summed E-state index contributed by atoms with van der Waals surface area (Å²) in [6.45, 7) is 3.63. The topological polar surface area (TPSA) is 62.7 Å². The van der Waals surface area contributed by atoms with Gasteiger partial charge < -0.3 is 10.1 Å². The second kappa shape index (κ2) is 8.27. The number of anilines is 1. The van der Waals surface area contributed by atoms with E-state index < -0.39 is 0 Å². The summed E-state index contributed by atoms with van der Waals surface area (Å²) in [6.07, 6.45) is 0.521. The van der Waals surface area contributed by atoms with Crippen LogP contribution in [0.2, 0.25) is 0 Å². The average molecular weight is 293 g/mol. The quantitative estimate of drug-likeness (QED) is 0.378. The van der Waals surface area contributed by atoms with Gasteiger partial charge in [-0.15, -0.1) is 0 Å². The monoisotopic (exact) mass is 293 g/mol. The molecule has 0 aromatic heterocycles. The molecule has 6 heteroatoms. The van der Waals surface area contributed by atoms with Crippen LogP contribution in [-0.4, -0.2) is 23.9 Å². The molecule has 0 radical (unpaired) electrons. The fourth-order valence-electron chi connectivity index (χ4n) is 1.60. The van der Waals surface area contributed by atoms with Gasteiger partial charge in [0.2, 0.25) is 0 Å². The van der Waals surface area contributed by atoms with E-state index in [1.165, 1.54) is 7.11 Å². The van der Waals surface area contributed by atoms with Crippen molar-refractivity contribution in [2.45, 2.75) is 20.3 Å². The van der Waals surface area contributed by atoms with Gasteiger partial charge in [0.15, 0.2) is 5.11 Å². The number of rotatable bonds is 5. The third kappa shape index (κ3) is 5.79. The lowest BCUT2D eigenvalue weighted by molar-refractivity contribution is -0.144. The Morgan fingerprint density at radius 3 is 2.65 bits per heavy atom. The van der Waals surface area contributed by atoms with Gasteiger partial charge in [-0.3, -0.25) is 10.2 Å². The highest BCUT2D eigenvalue weighted by molar-refractivity contribution is 7.80. The summed E-state index contributed by atoms with van der Waals surface area (Å²) in [5.41, 5.74) is 4.42. The molecule has 0 aliphatic carbocycles. The zero-order valence-corrected chi connectivity index (χ0v) is 12.7. The number of nitrogens with one attached hydrogen (secondary N) is 2. The Kier molecular flexibility index (Phi) is 6.66. The summed E-state index contributed by atoms with van der Waals surface area (Å²) in [5, 5.41) is 7.54. The minimum absolute atomic E-state index is 0.221. The first-order valence-electron chi connectivity index (χ1n) is 6.26. The molecule has 1 atom stereocenters. The van der Waals surface area contributed by atoms with Crippen molar-refractivity contribution >= 4 is 34.7 Å². The van der Waals surface area contributed by atoms with Crippen molar-refractivity contribution in [3.63, 3.8) is 0 Å². The summed E-state index contributed by atoms with van der Waals surface area (Å²) in [7, 11) is 1.38. The van der Waals surface area contributed by atoms with Gasteiger partial charge in [-0.1, -0.05) is 25.1 Å². The number of nitrogens with zero attached hydrogens (tertiary/aromatic N) is 1. The van der Waals surface area contributed by atoms with Crippen molar-refractivity contribution in [3.8, 4) is 0 Å². The van der Waals surface area contributed by atoms with Crippen LogP contribution in [0.4, 0.5) is 5.69 Å². The molecule has 1 aromatic rings. The lowest BCUT2D eigenvalue weighted by atomic mass is 10.1. The number of para-hydroxylation sites is 1. The Morgan fingerprint density at radius 2 is 2.05 bits per heavy atom. The second-order valence-corrected chi connectivity index (χ2v) is 4.82. The molecule has 0 amide bonds. The van der Waals surface area contributed by atoms with E-state index >= 15 is 0 Å². The Morgan fingerprint density at radius 1 is 1.40 bits per heavy atom. The van der Waals surface area contributed by atoms with Crippen LogP contribution in [-0.2, 0) is 9.53 Å². The van der Waals surface area contributed by atoms with Crippen LogP contribution < -0.4 is 10.7 Å². The highest BCUT2D eigenvalue weighted by atomic mass is 32.1. The summed E-state index contributed by atoms with van der Waals surface area (Å²) in [5.74, 6) is -0.467. The molecule has 0 aliphatic heterocycles. The largest absolute Gasteiger partial charge is 0.469 e. The molecule has 0 heterocycles. The van der Waals surface area contributed by atoms with Gasteiger partial charge in [-0.2, -0.15) is 5.10 Å². The highest BCUT2D eigenvalue weighted by Crippen LogP contribution is 2.06. The van der Waals surface area contributed by atoms with Crippen LogP contribution in [0.15, 0.2) is 35.4 Å². The zero-order valence-electron chi connectivity index (χ0n) is 11.8. The number of thiocarbonyl (C=S) groups is 1. The minimum atomic E-state index is -0.246. The number of hydrazone groups is 1. The van der Waals surface area contributed by atoms with Crippen molar-refractivity contribution in [2.75, 3.05) is 12.4 Å². The highest BCUT2D eigenvalue weighted by Gasteiger charge is 2.13. The molecule has 5 nitrogen and oxygen atoms in total. The van der Waals surface area contributed by atoms with Gasteiger partial charge >= 0.3 is 5.97 Å². The van der Waals surface area contributed by atoms with Crippen LogP contribution in [0.5, 0.6) is 0 Å². The van der Waals surface area contributed by atoms with Crippen LogP contribution in [0.3, 0.4) is 0 Å². The molecule has 0 aliphatic rings. The van der Waals surface area contributed by atoms with E-state index in [-0.39, 0.29) is 11.9 Å². The smallest absolute Gasteiger partial charge is 0.308 e. The van der Waals surface area contributed by atoms with Crippen molar-refractivity contribution in [3.05, 3.63) is 30.3 Å². The lowest BCUT2D eigenvalue weighted by Gasteiger charge is -2.10. The number of benzene rings is 1.